The van der Waals surface area contributed by atoms with Gasteiger partial charge in [-0.1, -0.05) is 25.1 Å². The lowest BCUT2D eigenvalue weighted by Gasteiger charge is -2.24. The second kappa shape index (κ2) is 6.93. The minimum absolute atomic E-state index is 0.431. The summed E-state index contributed by atoms with van der Waals surface area (Å²) in [6.45, 7) is 6.48. The van der Waals surface area contributed by atoms with E-state index in [-0.39, 0.29) is 0 Å². The molecule has 1 heterocycles. The molecule has 21 heavy (non-hydrogen) atoms. The van der Waals surface area contributed by atoms with Crippen LogP contribution >= 0.6 is 0 Å². The zero-order chi connectivity index (χ0) is 14.7. The molecule has 2 nitrogen and oxygen atoms in total. The van der Waals surface area contributed by atoms with Crippen LogP contribution in [0, 0.1) is 5.92 Å². The van der Waals surface area contributed by atoms with E-state index in [0.29, 0.717) is 18.1 Å². The molecule has 0 amide bonds. The molecule has 0 spiro atoms. The molecule has 0 saturated carbocycles. The van der Waals surface area contributed by atoms with Crippen molar-refractivity contribution in [3.05, 3.63) is 34.9 Å². The molecule has 0 bridgehead atoms. The minimum atomic E-state index is 0.431. The number of hydrogen-bond donors (Lipinski definition) is 1. The molecule has 1 fully saturated rings. The third-order valence-electron chi connectivity index (χ3n) is 5.07. The standard InChI is InChI=1S/C19H29NO/c1-3-9-20-19(18-10-14(2)21-13-18)12-15-7-8-16-5-4-6-17(16)11-15/h7-8,11,14,18-20H,3-6,9-10,12-13H2,1-2H3. The minimum Gasteiger partial charge on any atom is -0.378 e. The van der Waals surface area contributed by atoms with Crippen molar-refractivity contribution in [3.8, 4) is 0 Å². The van der Waals surface area contributed by atoms with Crippen molar-refractivity contribution in [2.75, 3.05) is 13.2 Å². The molecule has 3 atom stereocenters. The Morgan fingerprint density at radius 2 is 2.14 bits per heavy atom. The molecule has 1 aromatic rings. The van der Waals surface area contributed by atoms with Crippen LogP contribution in [-0.4, -0.2) is 25.3 Å². The highest BCUT2D eigenvalue weighted by molar-refractivity contribution is 5.35. The van der Waals surface area contributed by atoms with Gasteiger partial charge in [0.15, 0.2) is 0 Å². The first-order chi connectivity index (χ1) is 10.3. The molecule has 116 valence electrons. The van der Waals surface area contributed by atoms with Crippen LogP contribution in [0.15, 0.2) is 18.2 Å². The largest absolute Gasteiger partial charge is 0.378 e. The topological polar surface area (TPSA) is 21.3 Å². The third kappa shape index (κ3) is 3.67. The van der Waals surface area contributed by atoms with Gasteiger partial charge < -0.3 is 10.1 Å². The van der Waals surface area contributed by atoms with Gasteiger partial charge in [0.1, 0.15) is 0 Å². The molecule has 1 N–H and O–H groups in total. The van der Waals surface area contributed by atoms with Crippen molar-refractivity contribution in [3.63, 3.8) is 0 Å². The fourth-order valence-electron chi connectivity index (χ4n) is 3.87. The first-order valence-electron chi connectivity index (χ1n) is 8.72. The first kappa shape index (κ1) is 15.1. The van der Waals surface area contributed by atoms with Gasteiger partial charge in [0, 0.05) is 12.0 Å². The number of nitrogens with one attached hydrogen (secondary N) is 1. The highest BCUT2D eigenvalue weighted by atomic mass is 16.5. The van der Waals surface area contributed by atoms with E-state index >= 15 is 0 Å². The summed E-state index contributed by atoms with van der Waals surface area (Å²) in [5, 5.41) is 3.77. The fourth-order valence-corrected chi connectivity index (χ4v) is 3.87. The normalized spacial score (nSPS) is 26.0. The lowest BCUT2D eigenvalue weighted by molar-refractivity contribution is 0.117. The molecule has 0 aromatic heterocycles. The van der Waals surface area contributed by atoms with Crippen LogP contribution in [0.3, 0.4) is 0 Å². The number of ether oxygens (including phenoxy) is 1. The van der Waals surface area contributed by atoms with Gasteiger partial charge in [0.2, 0.25) is 0 Å². The summed E-state index contributed by atoms with van der Waals surface area (Å²) in [7, 11) is 0. The molecular weight excluding hydrogens is 258 g/mol. The predicted molar refractivity (Wildman–Crippen MR) is 87.8 cm³/mol. The van der Waals surface area contributed by atoms with Crippen molar-refractivity contribution >= 4 is 0 Å². The number of rotatable bonds is 6. The molecule has 2 aliphatic rings. The molecule has 1 saturated heterocycles. The fraction of sp³-hybridized carbons (Fsp3) is 0.684. The van der Waals surface area contributed by atoms with E-state index in [4.69, 9.17) is 4.74 Å². The van der Waals surface area contributed by atoms with Crippen LogP contribution < -0.4 is 5.32 Å². The molecule has 1 aliphatic carbocycles. The molecule has 3 rings (SSSR count). The van der Waals surface area contributed by atoms with Crippen molar-refractivity contribution in [2.24, 2.45) is 5.92 Å². The van der Waals surface area contributed by atoms with Gasteiger partial charge in [-0.2, -0.15) is 0 Å². The van der Waals surface area contributed by atoms with Crippen LogP contribution in [0.4, 0.5) is 0 Å². The van der Waals surface area contributed by atoms with Crippen LogP contribution in [0.1, 0.15) is 49.8 Å². The summed E-state index contributed by atoms with van der Waals surface area (Å²) in [5.74, 6) is 0.666. The highest BCUT2D eigenvalue weighted by Crippen LogP contribution is 2.27. The van der Waals surface area contributed by atoms with E-state index in [0.717, 1.165) is 19.6 Å². The monoisotopic (exact) mass is 287 g/mol. The zero-order valence-corrected chi connectivity index (χ0v) is 13.5. The number of benzene rings is 1. The van der Waals surface area contributed by atoms with E-state index in [1.54, 1.807) is 11.1 Å². The van der Waals surface area contributed by atoms with Crippen LogP contribution in [-0.2, 0) is 24.0 Å². The quantitative estimate of drug-likeness (QED) is 0.864. The van der Waals surface area contributed by atoms with E-state index in [9.17, 15) is 0 Å². The smallest absolute Gasteiger partial charge is 0.0551 e. The van der Waals surface area contributed by atoms with Gasteiger partial charge in [-0.25, -0.2) is 0 Å². The molecule has 3 unspecified atom stereocenters. The lowest BCUT2D eigenvalue weighted by atomic mass is 9.90. The van der Waals surface area contributed by atoms with Gasteiger partial charge in [-0.15, -0.1) is 0 Å². The van der Waals surface area contributed by atoms with E-state index in [1.807, 2.05) is 0 Å². The maximum absolute atomic E-state index is 5.80. The Labute approximate surface area is 129 Å². The van der Waals surface area contributed by atoms with Gasteiger partial charge in [0.05, 0.1) is 12.7 Å². The average molecular weight is 287 g/mol. The molecule has 2 heteroatoms. The second-order valence-electron chi connectivity index (χ2n) is 6.86. The van der Waals surface area contributed by atoms with Crippen molar-refractivity contribution in [2.45, 2.75) is 64.5 Å². The Morgan fingerprint density at radius 3 is 2.90 bits per heavy atom. The summed E-state index contributed by atoms with van der Waals surface area (Å²) in [4.78, 5) is 0. The zero-order valence-electron chi connectivity index (χ0n) is 13.5. The lowest BCUT2D eigenvalue weighted by Crippen LogP contribution is -2.39. The Bertz CT molecular complexity index is 471. The van der Waals surface area contributed by atoms with Gasteiger partial charge in [-0.3, -0.25) is 0 Å². The van der Waals surface area contributed by atoms with E-state index < -0.39 is 0 Å². The summed E-state index contributed by atoms with van der Waals surface area (Å²) < 4.78 is 5.80. The second-order valence-corrected chi connectivity index (χ2v) is 6.86. The summed E-state index contributed by atoms with van der Waals surface area (Å²) in [5.41, 5.74) is 4.68. The highest BCUT2D eigenvalue weighted by Gasteiger charge is 2.29. The number of fused-ring (bicyclic) bond motifs is 1. The van der Waals surface area contributed by atoms with Crippen LogP contribution in [0.25, 0.3) is 0 Å². The van der Waals surface area contributed by atoms with Gasteiger partial charge in [0.25, 0.3) is 0 Å². The van der Waals surface area contributed by atoms with Crippen LogP contribution in [0.5, 0.6) is 0 Å². The van der Waals surface area contributed by atoms with Crippen LogP contribution in [0.2, 0.25) is 0 Å². The van der Waals surface area contributed by atoms with Crippen molar-refractivity contribution in [1.82, 2.24) is 5.32 Å². The molecule has 1 aliphatic heterocycles. The van der Waals surface area contributed by atoms with Gasteiger partial charge in [-0.05, 0) is 68.7 Å². The number of aryl methyl sites for hydroxylation is 2. The summed E-state index contributed by atoms with van der Waals surface area (Å²) >= 11 is 0. The van der Waals surface area contributed by atoms with Crippen molar-refractivity contribution < 1.29 is 4.74 Å². The Kier molecular flexibility index (Phi) is 4.97. The Balaban J connectivity index is 1.68. The molecule has 0 radical (unpaired) electrons. The van der Waals surface area contributed by atoms with E-state index in [1.165, 1.54) is 37.7 Å². The Morgan fingerprint density at radius 1 is 1.29 bits per heavy atom. The van der Waals surface area contributed by atoms with Gasteiger partial charge >= 0.3 is 0 Å². The molecular formula is C19H29NO. The molecule has 1 aromatic carbocycles. The summed E-state index contributed by atoms with van der Waals surface area (Å²) in [6.07, 6.45) is 7.87. The maximum atomic E-state index is 5.80. The number of hydrogen-bond acceptors (Lipinski definition) is 2. The summed E-state index contributed by atoms with van der Waals surface area (Å²) in [6, 6.07) is 7.74. The van der Waals surface area contributed by atoms with Crippen molar-refractivity contribution in [1.29, 1.82) is 0 Å². The van der Waals surface area contributed by atoms with E-state index in [2.05, 4.69) is 37.4 Å². The average Bonchev–Trinajstić information content (AvgIpc) is 3.11. The Hall–Kier alpha value is -0.860. The third-order valence-corrected chi connectivity index (χ3v) is 5.07. The predicted octanol–water partition coefficient (Wildman–Crippen LogP) is 3.51. The maximum Gasteiger partial charge on any atom is 0.0551 e. The SMILES string of the molecule is CCCNC(Cc1ccc2c(c1)CCC2)C1COC(C)C1. The first-order valence-corrected chi connectivity index (χ1v) is 8.72.